The second kappa shape index (κ2) is 5.01. The lowest BCUT2D eigenvalue weighted by molar-refractivity contribution is 0.101. The van der Waals surface area contributed by atoms with Crippen LogP contribution in [0.1, 0.15) is 16.1 Å². The van der Waals surface area contributed by atoms with E-state index in [0.29, 0.717) is 16.7 Å². The summed E-state index contributed by atoms with van der Waals surface area (Å²) in [5.74, 6) is -2.43. The van der Waals surface area contributed by atoms with Gasteiger partial charge in [-0.3, -0.25) is 4.79 Å². The molecule has 3 aromatic rings. The smallest absolute Gasteiger partial charge is 0.231 e. The van der Waals surface area contributed by atoms with E-state index in [1.54, 1.807) is 18.2 Å². The Hall–Kier alpha value is -2.69. The number of halogens is 2. The number of ether oxygens (including phenoxy) is 1. The Kier molecular flexibility index (Phi) is 3.17. The van der Waals surface area contributed by atoms with Crippen LogP contribution in [0.2, 0.25) is 0 Å². The van der Waals surface area contributed by atoms with Crippen molar-refractivity contribution in [1.29, 1.82) is 0 Å². The molecule has 21 heavy (non-hydrogen) atoms. The van der Waals surface area contributed by atoms with Gasteiger partial charge in [-0.1, -0.05) is 6.07 Å². The number of hydrogen-bond acceptors (Lipinski definition) is 3. The first-order valence-electron chi connectivity index (χ1n) is 6.16. The van der Waals surface area contributed by atoms with Crippen LogP contribution in [0.3, 0.4) is 0 Å². The van der Waals surface area contributed by atoms with Crippen molar-refractivity contribution < 1.29 is 22.7 Å². The highest BCUT2D eigenvalue weighted by molar-refractivity contribution is 6.09. The van der Waals surface area contributed by atoms with Gasteiger partial charge in [0.05, 0.1) is 12.7 Å². The van der Waals surface area contributed by atoms with Gasteiger partial charge in [0.15, 0.2) is 17.4 Å². The molecule has 0 aliphatic heterocycles. The van der Waals surface area contributed by atoms with Gasteiger partial charge < -0.3 is 9.15 Å². The first kappa shape index (κ1) is 13.3. The predicted molar refractivity (Wildman–Crippen MR) is 72.6 cm³/mol. The fourth-order valence-corrected chi connectivity index (χ4v) is 2.06. The third-order valence-corrected chi connectivity index (χ3v) is 3.15. The Morgan fingerprint density at radius 1 is 1.14 bits per heavy atom. The van der Waals surface area contributed by atoms with Gasteiger partial charge in [0.25, 0.3) is 0 Å². The molecule has 0 spiro atoms. The van der Waals surface area contributed by atoms with Gasteiger partial charge in [-0.05, 0) is 30.3 Å². The lowest BCUT2D eigenvalue weighted by Gasteiger charge is -2.00. The minimum absolute atomic E-state index is 0.0530. The molecule has 0 fully saturated rings. The number of carbonyl (C=O) groups excluding carboxylic acids is 1. The predicted octanol–water partition coefficient (Wildman–Crippen LogP) is 3.95. The Balaban J connectivity index is 2.07. The van der Waals surface area contributed by atoms with E-state index in [0.717, 1.165) is 6.07 Å². The molecule has 1 aromatic heterocycles. The van der Waals surface area contributed by atoms with Crippen LogP contribution in [0, 0.1) is 11.6 Å². The molecule has 106 valence electrons. The van der Waals surface area contributed by atoms with E-state index in [4.69, 9.17) is 9.15 Å². The molecule has 1 heterocycles. The van der Waals surface area contributed by atoms with E-state index < -0.39 is 17.4 Å². The van der Waals surface area contributed by atoms with Crippen molar-refractivity contribution in [2.24, 2.45) is 0 Å². The highest BCUT2D eigenvalue weighted by atomic mass is 19.2. The molecular formula is C16H10F2O3. The zero-order valence-electron chi connectivity index (χ0n) is 11.0. The van der Waals surface area contributed by atoms with Gasteiger partial charge in [0, 0.05) is 11.5 Å². The zero-order chi connectivity index (χ0) is 15.0. The van der Waals surface area contributed by atoms with Gasteiger partial charge in [-0.15, -0.1) is 0 Å². The van der Waals surface area contributed by atoms with Crippen LogP contribution in [0.25, 0.3) is 11.0 Å². The van der Waals surface area contributed by atoms with Crippen LogP contribution in [0.15, 0.2) is 46.9 Å². The number of fused-ring (bicyclic) bond motifs is 1. The first-order chi connectivity index (χ1) is 10.1. The van der Waals surface area contributed by atoms with Crippen molar-refractivity contribution in [2.45, 2.75) is 0 Å². The standard InChI is InChI=1S/C16H10F2O3/c1-20-10-6-5-9-7-14(21-13(9)8-10)16(19)11-3-2-4-12(17)15(11)18/h2-8H,1H3. The van der Waals surface area contributed by atoms with Gasteiger partial charge in [-0.25, -0.2) is 8.78 Å². The van der Waals surface area contributed by atoms with Crippen molar-refractivity contribution in [3.63, 3.8) is 0 Å². The van der Waals surface area contributed by atoms with Gasteiger partial charge in [0.1, 0.15) is 11.3 Å². The molecule has 0 bridgehead atoms. The molecule has 0 N–H and O–H groups in total. The Morgan fingerprint density at radius 2 is 1.95 bits per heavy atom. The first-order valence-corrected chi connectivity index (χ1v) is 6.16. The SMILES string of the molecule is COc1ccc2cc(C(=O)c3cccc(F)c3F)oc2c1. The van der Waals surface area contributed by atoms with Crippen LogP contribution < -0.4 is 4.74 Å². The molecule has 0 atom stereocenters. The minimum atomic E-state index is -1.18. The molecule has 0 radical (unpaired) electrons. The number of methoxy groups -OCH3 is 1. The molecule has 0 aliphatic rings. The second-order valence-corrected chi connectivity index (χ2v) is 4.44. The number of furan rings is 1. The van der Waals surface area contributed by atoms with E-state index in [1.165, 1.54) is 25.3 Å². The number of carbonyl (C=O) groups is 1. The second-order valence-electron chi connectivity index (χ2n) is 4.44. The lowest BCUT2D eigenvalue weighted by Crippen LogP contribution is -2.04. The molecule has 3 nitrogen and oxygen atoms in total. The third kappa shape index (κ3) is 2.27. The maximum absolute atomic E-state index is 13.7. The fraction of sp³-hybridized carbons (Fsp3) is 0.0625. The molecule has 3 rings (SSSR count). The topological polar surface area (TPSA) is 39.4 Å². The maximum Gasteiger partial charge on any atom is 0.231 e. The van der Waals surface area contributed by atoms with Crippen LogP contribution in [-0.4, -0.2) is 12.9 Å². The normalized spacial score (nSPS) is 10.8. The average Bonchev–Trinajstić information content (AvgIpc) is 2.92. The molecule has 5 heteroatoms. The third-order valence-electron chi connectivity index (χ3n) is 3.15. The number of hydrogen-bond donors (Lipinski definition) is 0. The van der Waals surface area contributed by atoms with Gasteiger partial charge in [-0.2, -0.15) is 0 Å². The summed E-state index contributed by atoms with van der Waals surface area (Å²) in [5.41, 5.74) is 0.0792. The molecule has 0 amide bonds. The fourth-order valence-electron chi connectivity index (χ4n) is 2.06. The van der Waals surface area contributed by atoms with Crippen molar-refractivity contribution in [3.8, 4) is 5.75 Å². The molecule has 0 unspecified atom stereocenters. The van der Waals surface area contributed by atoms with E-state index in [9.17, 15) is 13.6 Å². The molecular weight excluding hydrogens is 278 g/mol. The van der Waals surface area contributed by atoms with Gasteiger partial charge in [0.2, 0.25) is 5.78 Å². The van der Waals surface area contributed by atoms with Crippen molar-refractivity contribution in [3.05, 3.63) is 65.4 Å². The molecule has 0 aliphatic carbocycles. The summed E-state index contributed by atoms with van der Waals surface area (Å²) in [5, 5.41) is 0.677. The van der Waals surface area contributed by atoms with E-state index in [1.807, 2.05) is 0 Å². The Bertz CT molecular complexity index is 837. The maximum atomic E-state index is 13.7. The summed E-state index contributed by atoms with van der Waals surface area (Å²) in [6.45, 7) is 0. The molecule has 0 saturated carbocycles. The summed E-state index contributed by atoms with van der Waals surface area (Å²) in [4.78, 5) is 12.2. The van der Waals surface area contributed by atoms with Crippen molar-refractivity contribution >= 4 is 16.8 Å². The minimum Gasteiger partial charge on any atom is -0.497 e. The molecule has 2 aromatic carbocycles. The summed E-state index contributed by atoms with van der Waals surface area (Å²) >= 11 is 0. The summed E-state index contributed by atoms with van der Waals surface area (Å²) < 4.78 is 37.3. The van der Waals surface area contributed by atoms with Gasteiger partial charge >= 0.3 is 0 Å². The highest BCUT2D eigenvalue weighted by Gasteiger charge is 2.20. The largest absolute Gasteiger partial charge is 0.497 e. The highest BCUT2D eigenvalue weighted by Crippen LogP contribution is 2.26. The monoisotopic (exact) mass is 288 g/mol. The van der Waals surface area contributed by atoms with E-state index in [-0.39, 0.29) is 11.3 Å². The quantitative estimate of drug-likeness (QED) is 0.685. The number of ketones is 1. The van der Waals surface area contributed by atoms with Crippen LogP contribution in [-0.2, 0) is 0 Å². The number of benzene rings is 2. The Morgan fingerprint density at radius 3 is 2.71 bits per heavy atom. The van der Waals surface area contributed by atoms with Crippen LogP contribution >= 0.6 is 0 Å². The summed E-state index contributed by atoms with van der Waals surface area (Å²) in [7, 11) is 1.51. The van der Waals surface area contributed by atoms with Crippen molar-refractivity contribution in [2.75, 3.05) is 7.11 Å². The number of rotatable bonds is 3. The van der Waals surface area contributed by atoms with Crippen LogP contribution in [0.4, 0.5) is 8.78 Å². The van der Waals surface area contributed by atoms with Crippen molar-refractivity contribution in [1.82, 2.24) is 0 Å². The van der Waals surface area contributed by atoms with E-state index in [2.05, 4.69) is 0 Å². The van der Waals surface area contributed by atoms with E-state index >= 15 is 0 Å². The lowest BCUT2D eigenvalue weighted by atomic mass is 10.1. The average molecular weight is 288 g/mol. The molecule has 0 saturated heterocycles. The zero-order valence-corrected chi connectivity index (χ0v) is 11.0. The summed E-state index contributed by atoms with van der Waals surface area (Å²) in [6.07, 6.45) is 0. The summed E-state index contributed by atoms with van der Waals surface area (Å²) in [6, 6.07) is 9.99. The Labute approximate surface area is 118 Å². The van der Waals surface area contributed by atoms with Crippen LogP contribution in [0.5, 0.6) is 5.75 Å².